The van der Waals surface area contributed by atoms with Gasteiger partial charge in [-0.05, 0) is 65.0 Å². The van der Waals surface area contributed by atoms with Gasteiger partial charge in [-0.3, -0.25) is 4.79 Å². The van der Waals surface area contributed by atoms with Crippen LogP contribution < -0.4 is 0 Å². The standard InChI is InChI=1S/C31H37NO/c1-5-6-12-23-17-19-25(20-18-23)30(33)32(22-24-13-8-7-9-14-24)29-27-16-11-10-15-26(27)21-28(29)31(2,3)4/h7-11,13-20,28-29H,5-6,12,21-22H2,1-4H3. The maximum Gasteiger partial charge on any atom is 0.254 e. The number of nitrogens with zero attached hydrogens (tertiary/aromatic N) is 1. The topological polar surface area (TPSA) is 20.3 Å². The van der Waals surface area contributed by atoms with Crippen LogP contribution in [0.4, 0.5) is 0 Å². The lowest BCUT2D eigenvalue weighted by atomic mass is 9.76. The van der Waals surface area contributed by atoms with Crippen LogP contribution in [0.1, 0.15) is 79.2 Å². The molecule has 0 aliphatic heterocycles. The van der Waals surface area contributed by atoms with Gasteiger partial charge in [0.25, 0.3) is 5.91 Å². The summed E-state index contributed by atoms with van der Waals surface area (Å²) in [5.41, 5.74) is 6.03. The summed E-state index contributed by atoms with van der Waals surface area (Å²) in [6.45, 7) is 9.76. The lowest BCUT2D eigenvalue weighted by Crippen LogP contribution is -2.40. The van der Waals surface area contributed by atoms with E-state index in [1.807, 2.05) is 18.2 Å². The van der Waals surface area contributed by atoms with Crippen LogP contribution in [0.5, 0.6) is 0 Å². The van der Waals surface area contributed by atoms with Gasteiger partial charge in [0.15, 0.2) is 0 Å². The first-order chi connectivity index (χ1) is 15.9. The van der Waals surface area contributed by atoms with E-state index in [0.29, 0.717) is 12.5 Å². The fourth-order valence-corrected chi connectivity index (χ4v) is 5.18. The molecule has 0 saturated carbocycles. The van der Waals surface area contributed by atoms with Gasteiger partial charge >= 0.3 is 0 Å². The number of carbonyl (C=O) groups is 1. The number of hydrogen-bond acceptors (Lipinski definition) is 1. The zero-order valence-corrected chi connectivity index (χ0v) is 20.6. The molecule has 0 N–H and O–H groups in total. The highest BCUT2D eigenvalue weighted by molar-refractivity contribution is 5.94. The van der Waals surface area contributed by atoms with Gasteiger partial charge in [0.1, 0.15) is 0 Å². The molecule has 1 aliphatic rings. The van der Waals surface area contributed by atoms with Crippen molar-refractivity contribution in [1.29, 1.82) is 0 Å². The predicted octanol–water partition coefficient (Wildman–Crippen LogP) is 7.63. The van der Waals surface area contributed by atoms with Crippen LogP contribution in [0.3, 0.4) is 0 Å². The Labute approximate surface area is 199 Å². The summed E-state index contributed by atoms with van der Waals surface area (Å²) in [5, 5.41) is 0. The molecule has 0 fully saturated rings. The number of unbranched alkanes of at least 4 members (excludes halogenated alkanes) is 1. The molecule has 33 heavy (non-hydrogen) atoms. The number of carbonyl (C=O) groups excluding carboxylic acids is 1. The van der Waals surface area contributed by atoms with Gasteiger partial charge in [0.05, 0.1) is 6.04 Å². The molecule has 0 spiro atoms. The second-order valence-corrected chi connectivity index (χ2v) is 10.5. The van der Waals surface area contributed by atoms with E-state index in [2.05, 4.69) is 93.3 Å². The summed E-state index contributed by atoms with van der Waals surface area (Å²) in [6.07, 6.45) is 4.44. The Hall–Kier alpha value is -2.87. The maximum atomic E-state index is 14.1. The predicted molar refractivity (Wildman–Crippen MR) is 137 cm³/mol. The average molecular weight is 440 g/mol. The van der Waals surface area contributed by atoms with Gasteiger partial charge in [-0.1, -0.05) is 101 Å². The van der Waals surface area contributed by atoms with E-state index in [1.54, 1.807) is 0 Å². The molecule has 4 rings (SSSR count). The molecule has 2 unspecified atom stereocenters. The molecule has 0 radical (unpaired) electrons. The molecule has 0 saturated heterocycles. The van der Waals surface area contributed by atoms with Gasteiger partial charge in [-0.15, -0.1) is 0 Å². The molecule has 3 aromatic carbocycles. The number of aryl methyl sites for hydroxylation is 1. The monoisotopic (exact) mass is 439 g/mol. The lowest BCUT2D eigenvalue weighted by Gasteiger charge is -2.40. The first-order valence-corrected chi connectivity index (χ1v) is 12.4. The second-order valence-electron chi connectivity index (χ2n) is 10.5. The first kappa shape index (κ1) is 23.3. The smallest absolute Gasteiger partial charge is 0.254 e. The third-order valence-electron chi connectivity index (χ3n) is 7.12. The minimum absolute atomic E-state index is 0.0636. The highest BCUT2D eigenvalue weighted by atomic mass is 16.2. The zero-order valence-electron chi connectivity index (χ0n) is 20.6. The van der Waals surface area contributed by atoms with Crippen molar-refractivity contribution >= 4 is 5.91 Å². The Morgan fingerprint density at radius 2 is 1.55 bits per heavy atom. The summed E-state index contributed by atoms with van der Waals surface area (Å²) in [4.78, 5) is 16.2. The van der Waals surface area contributed by atoms with Crippen LogP contribution in [-0.4, -0.2) is 10.8 Å². The number of rotatable bonds is 7. The average Bonchev–Trinajstić information content (AvgIpc) is 3.22. The Morgan fingerprint density at radius 1 is 0.879 bits per heavy atom. The number of hydrogen-bond donors (Lipinski definition) is 0. The highest BCUT2D eigenvalue weighted by Crippen LogP contribution is 2.49. The van der Waals surface area contributed by atoms with Crippen molar-refractivity contribution in [3.8, 4) is 0 Å². The zero-order chi connectivity index (χ0) is 23.4. The van der Waals surface area contributed by atoms with Crippen LogP contribution >= 0.6 is 0 Å². The summed E-state index contributed by atoms with van der Waals surface area (Å²) >= 11 is 0. The van der Waals surface area contributed by atoms with Crippen molar-refractivity contribution in [3.05, 3.63) is 107 Å². The van der Waals surface area contributed by atoms with Crippen LogP contribution in [0.15, 0.2) is 78.9 Å². The Bertz CT molecular complexity index is 1060. The van der Waals surface area contributed by atoms with Crippen molar-refractivity contribution in [2.45, 2.75) is 66.0 Å². The van der Waals surface area contributed by atoms with Gasteiger partial charge in [0, 0.05) is 12.1 Å². The van der Waals surface area contributed by atoms with Crippen molar-refractivity contribution in [3.63, 3.8) is 0 Å². The molecule has 1 aliphatic carbocycles. The summed E-state index contributed by atoms with van der Waals surface area (Å²) in [7, 11) is 0. The quantitative estimate of drug-likeness (QED) is 0.370. The molecular formula is C31H37NO. The Kier molecular flexibility index (Phi) is 7.02. The largest absolute Gasteiger partial charge is 0.327 e. The van der Waals surface area contributed by atoms with E-state index in [-0.39, 0.29) is 17.4 Å². The van der Waals surface area contributed by atoms with Crippen LogP contribution in [0, 0.1) is 11.3 Å². The third kappa shape index (κ3) is 5.21. The number of amides is 1. The third-order valence-corrected chi connectivity index (χ3v) is 7.12. The van der Waals surface area contributed by atoms with E-state index in [0.717, 1.165) is 18.4 Å². The van der Waals surface area contributed by atoms with E-state index in [9.17, 15) is 4.79 Å². The van der Waals surface area contributed by atoms with E-state index in [4.69, 9.17) is 0 Å². The van der Waals surface area contributed by atoms with Gasteiger partial charge < -0.3 is 4.90 Å². The number of benzene rings is 3. The summed E-state index contributed by atoms with van der Waals surface area (Å²) < 4.78 is 0. The minimum Gasteiger partial charge on any atom is -0.327 e. The summed E-state index contributed by atoms with van der Waals surface area (Å²) in [6, 6.07) is 27.5. The minimum atomic E-state index is 0.0636. The van der Waals surface area contributed by atoms with Crippen molar-refractivity contribution in [2.24, 2.45) is 11.3 Å². The molecule has 3 aromatic rings. The molecule has 0 aromatic heterocycles. The van der Waals surface area contributed by atoms with Crippen molar-refractivity contribution in [1.82, 2.24) is 4.90 Å². The van der Waals surface area contributed by atoms with Gasteiger partial charge in [-0.2, -0.15) is 0 Å². The highest BCUT2D eigenvalue weighted by Gasteiger charge is 2.44. The number of fused-ring (bicyclic) bond motifs is 1. The molecule has 0 heterocycles. The maximum absolute atomic E-state index is 14.1. The lowest BCUT2D eigenvalue weighted by molar-refractivity contribution is 0.0476. The SMILES string of the molecule is CCCCc1ccc(C(=O)N(Cc2ccccc2)C2c3ccccc3CC2C(C)(C)C)cc1. The molecule has 0 bridgehead atoms. The van der Waals surface area contributed by atoms with E-state index < -0.39 is 0 Å². The van der Waals surface area contributed by atoms with Crippen LogP contribution in [-0.2, 0) is 19.4 Å². The molecule has 1 amide bonds. The van der Waals surface area contributed by atoms with Crippen LogP contribution in [0.2, 0.25) is 0 Å². The Morgan fingerprint density at radius 3 is 2.21 bits per heavy atom. The van der Waals surface area contributed by atoms with E-state index >= 15 is 0 Å². The Balaban J connectivity index is 1.73. The second kappa shape index (κ2) is 9.95. The fourth-order valence-electron chi connectivity index (χ4n) is 5.18. The fraction of sp³-hybridized carbons (Fsp3) is 0.387. The molecule has 172 valence electrons. The van der Waals surface area contributed by atoms with Gasteiger partial charge in [-0.25, -0.2) is 0 Å². The molecule has 2 heteroatoms. The molecular weight excluding hydrogens is 402 g/mol. The van der Waals surface area contributed by atoms with Crippen molar-refractivity contribution in [2.75, 3.05) is 0 Å². The van der Waals surface area contributed by atoms with Gasteiger partial charge in [0.2, 0.25) is 0 Å². The van der Waals surface area contributed by atoms with Crippen molar-refractivity contribution < 1.29 is 4.79 Å². The first-order valence-electron chi connectivity index (χ1n) is 12.4. The van der Waals surface area contributed by atoms with E-state index in [1.165, 1.54) is 35.1 Å². The molecule has 2 atom stereocenters. The summed E-state index contributed by atoms with van der Waals surface area (Å²) in [5.74, 6) is 0.489. The normalized spacial score (nSPS) is 17.6. The molecule has 2 nitrogen and oxygen atoms in total. The van der Waals surface area contributed by atoms with Crippen LogP contribution in [0.25, 0.3) is 0 Å².